The minimum Gasteiger partial charge on any atom is -0.456 e. The number of benzene rings is 7. The molecule has 1 aromatic heterocycles. The number of hydrogen-bond acceptors (Lipinski definition) is 5. The van der Waals surface area contributed by atoms with Crippen molar-refractivity contribution in [1.82, 2.24) is 0 Å². The Kier molecular flexibility index (Phi) is 11.5. The third-order valence-corrected chi connectivity index (χ3v) is 25.0. The van der Waals surface area contributed by atoms with Gasteiger partial charge in [-0.2, -0.15) is 0 Å². The lowest BCUT2D eigenvalue weighted by molar-refractivity contribution is 0.0881. The first-order chi connectivity index (χ1) is 39.6. The Morgan fingerprint density at radius 2 is 0.917 bits per heavy atom. The lowest BCUT2D eigenvalue weighted by Crippen LogP contribution is -2.56. The van der Waals surface area contributed by atoms with Crippen LogP contribution in [0, 0.1) is 16.7 Å². The fraction of sp³-hybridized carbons (Fsp3) is 0.436. The molecule has 84 heavy (non-hydrogen) atoms. The molecule has 0 radical (unpaired) electrons. The van der Waals surface area contributed by atoms with Gasteiger partial charge in [0.1, 0.15) is 11.2 Å². The summed E-state index contributed by atoms with van der Waals surface area (Å²) in [6.45, 7) is 40.5. The molecule has 4 nitrogen and oxygen atoms in total. The van der Waals surface area contributed by atoms with E-state index in [9.17, 15) is 0 Å². The molecule has 7 aromatic carbocycles. The van der Waals surface area contributed by atoms with E-state index < -0.39 is 0 Å². The van der Waals surface area contributed by atoms with E-state index in [1.807, 2.05) is 0 Å². The molecule has 4 aliphatic carbocycles. The number of allylic oxidation sites excluding steroid dienone is 1. The maximum atomic E-state index is 6.78. The zero-order chi connectivity index (χ0) is 58.8. The Balaban J connectivity index is 1.10. The summed E-state index contributed by atoms with van der Waals surface area (Å²) < 4.78 is 6.78. The van der Waals surface area contributed by atoms with Crippen molar-refractivity contribution in [2.75, 3.05) is 14.7 Å². The first-order valence-electron chi connectivity index (χ1n) is 32.0. The Morgan fingerprint density at radius 1 is 0.417 bits per heavy atom. The number of fused-ring (bicyclic) bond motifs is 11. The number of nitrogens with zero attached hydrogens (tertiary/aromatic N) is 3. The van der Waals surface area contributed by atoms with Crippen LogP contribution in [-0.4, -0.2) is 12.0 Å². The van der Waals surface area contributed by atoms with E-state index >= 15 is 0 Å². The van der Waals surface area contributed by atoms with E-state index in [0.29, 0.717) is 11.2 Å². The maximum absolute atomic E-state index is 6.78. The zero-order valence-electron chi connectivity index (χ0n) is 53.2. The lowest BCUT2D eigenvalue weighted by Gasteiger charge is -2.52. The molecule has 4 heterocycles. The second kappa shape index (κ2) is 17.8. The van der Waals surface area contributed by atoms with E-state index in [-0.39, 0.29) is 50.0 Å². The van der Waals surface area contributed by atoms with Gasteiger partial charge in [-0.15, -0.1) is 11.8 Å². The number of anilines is 8. The first kappa shape index (κ1) is 54.5. The van der Waals surface area contributed by atoms with Crippen molar-refractivity contribution in [2.45, 2.75) is 200 Å². The van der Waals surface area contributed by atoms with Gasteiger partial charge in [0.25, 0.3) is 6.71 Å². The monoisotopic (exact) mass is 1130 g/mol. The predicted molar refractivity (Wildman–Crippen MR) is 361 cm³/mol. The maximum Gasteiger partial charge on any atom is 0.259 e. The van der Waals surface area contributed by atoms with Gasteiger partial charge in [-0.1, -0.05) is 165 Å². The molecule has 8 aromatic rings. The number of furan rings is 1. The Morgan fingerprint density at radius 3 is 1.52 bits per heavy atom. The molecular weight excluding hydrogens is 1040 g/mol. The molecule has 1 saturated carbocycles. The highest BCUT2D eigenvalue weighted by Gasteiger charge is 2.60. The Hall–Kier alpha value is -6.11. The Bertz CT molecular complexity index is 4130. The standard InChI is InChI=1S/C78H88BN3OS/c1-71(2)32-34-73(5,6)56-40-48(27-30-54(56)71)81-61-46-59-58(75(9,10)36-37-76(59,11)12)45-60(61)79-67-62(81)42-51(80(47-22-18-17-19-23-47)50-26-29-53-52-24-20-21-25-64(52)83-65(53)44-50)43-63(67)82(49-28-31-55-57(41-49)74(7,8)35-33-72(55,3)4)68-66-69(84-70(68)79)78(15,16)39-38-77(66,13)14/h17-31,40-46,66,69H,32-39H2,1-16H3. The van der Waals surface area contributed by atoms with E-state index in [0.717, 1.165) is 51.8 Å². The van der Waals surface area contributed by atoms with E-state index in [4.69, 9.17) is 4.42 Å². The highest BCUT2D eigenvalue weighted by molar-refractivity contribution is 8.06. The molecule has 15 rings (SSSR count). The van der Waals surface area contributed by atoms with Crippen molar-refractivity contribution in [3.05, 3.63) is 177 Å². The summed E-state index contributed by atoms with van der Waals surface area (Å²) in [5.74, 6) is 0.323. The van der Waals surface area contributed by atoms with Gasteiger partial charge < -0.3 is 19.1 Å². The van der Waals surface area contributed by atoms with Crippen molar-refractivity contribution in [3.63, 3.8) is 0 Å². The van der Waals surface area contributed by atoms with E-state index in [2.05, 4.69) is 271 Å². The van der Waals surface area contributed by atoms with Gasteiger partial charge in [0, 0.05) is 73.5 Å². The SMILES string of the molecule is CC1(C)CCC(C)(C)c2cc(N3C4=C(SC5C4C(C)(C)CCC5(C)C)B4c5cc6c(cc5N(c5ccc7c(c5)C(C)(C)CCC7(C)C)c5cc(N(c7ccccc7)c7ccc8c(c7)oc7ccccc78)cc3c54)C(C)(C)CCC6(C)C)ccc21. The van der Waals surface area contributed by atoms with Gasteiger partial charge in [-0.25, -0.2) is 0 Å². The summed E-state index contributed by atoms with van der Waals surface area (Å²) >= 11 is 2.27. The second-order valence-corrected chi connectivity index (χ2v) is 33.6. The lowest BCUT2D eigenvalue weighted by atomic mass is 9.35. The summed E-state index contributed by atoms with van der Waals surface area (Å²) in [7, 11) is 0. The van der Waals surface area contributed by atoms with Crippen LogP contribution in [0.25, 0.3) is 21.9 Å². The molecule has 430 valence electrons. The van der Waals surface area contributed by atoms with Crippen LogP contribution in [0.5, 0.6) is 0 Å². The smallest absolute Gasteiger partial charge is 0.259 e. The molecule has 0 saturated heterocycles. The van der Waals surface area contributed by atoms with Crippen LogP contribution in [-0.2, 0) is 32.5 Å². The Labute approximate surface area is 507 Å². The van der Waals surface area contributed by atoms with E-state index in [1.54, 1.807) is 10.5 Å². The molecule has 2 unspecified atom stereocenters. The van der Waals surface area contributed by atoms with Gasteiger partial charge in [0.15, 0.2) is 0 Å². The van der Waals surface area contributed by atoms with Gasteiger partial charge in [0.05, 0.1) is 5.69 Å². The van der Waals surface area contributed by atoms with Crippen molar-refractivity contribution >= 4 is 96.8 Å². The molecule has 6 heteroatoms. The normalized spacial score (nSPS) is 23.7. The third kappa shape index (κ3) is 7.92. The molecular formula is C78H88BN3OS. The molecule has 2 atom stereocenters. The molecule has 3 aliphatic heterocycles. The second-order valence-electron chi connectivity index (χ2n) is 32.4. The van der Waals surface area contributed by atoms with Gasteiger partial charge in [-0.05, 0) is 217 Å². The number of thioether (sulfide) groups is 1. The van der Waals surface area contributed by atoms with Crippen LogP contribution >= 0.6 is 11.8 Å². The predicted octanol–water partition coefficient (Wildman–Crippen LogP) is 21.0. The van der Waals surface area contributed by atoms with Crippen LogP contribution in [0.2, 0.25) is 0 Å². The summed E-state index contributed by atoms with van der Waals surface area (Å²) in [6, 6.07) is 52.7. The molecule has 0 bridgehead atoms. The van der Waals surface area contributed by atoms with Gasteiger partial charge in [-0.3, -0.25) is 0 Å². The quantitative estimate of drug-likeness (QED) is 0.160. The minimum absolute atomic E-state index is 0.00773. The summed E-state index contributed by atoms with van der Waals surface area (Å²) in [5.41, 5.74) is 25.5. The van der Waals surface area contributed by atoms with Crippen molar-refractivity contribution in [2.24, 2.45) is 16.7 Å². The first-order valence-corrected chi connectivity index (χ1v) is 32.9. The fourth-order valence-electron chi connectivity index (χ4n) is 17.4. The van der Waals surface area contributed by atoms with Crippen molar-refractivity contribution < 1.29 is 4.42 Å². The molecule has 0 amide bonds. The topological polar surface area (TPSA) is 22.9 Å². The average Bonchev–Trinajstić information content (AvgIpc) is 1.29. The number of hydrogen-bond donors (Lipinski definition) is 0. The molecule has 0 N–H and O–H groups in total. The van der Waals surface area contributed by atoms with Gasteiger partial charge in [0.2, 0.25) is 0 Å². The van der Waals surface area contributed by atoms with Gasteiger partial charge >= 0.3 is 0 Å². The average molecular weight is 1130 g/mol. The molecule has 1 fully saturated rings. The fourth-order valence-corrected chi connectivity index (χ4v) is 19.4. The number of rotatable bonds is 5. The highest BCUT2D eigenvalue weighted by atomic mass is 32.2. The summed E-state index contributed by atoms with van der Waals surface area (Å²) in [4.78, 5) is 9.76. The van der Waals surface area contributed by atoms with Crippen LogP contribution < -0.4 is 25.6 Å². The summed E-state index contributed by atoms with van der Waals surface area (Å²) in [5, 5.41) is 2.69. The largest absolute Gasteiger partial charge is 0.456 e. The third-order valence-electron chi connectivity index (χ3n) is 23.2. The van der Waals surface area contributed by atoms with Crippen LogP contribution in [0.4, 0.5) is 45.5 Å². The van der Waals surface area contributed by atoms with Crippen molar-refractivity contribution in [3.8, 4) is 0 Å². The summed E-state index contributed by atoms with van der Waals surface area (Å²) in [6.07, 6.45) is 9.43. The number of para-hydroxylation sites is 2. The van der Waals surface area contributed by atoms with E-state index in [1.165, 1.54) is 111 Å². The minimum atomic E-state index is 0.00773. The van der Waals surface area contributed by atoms with Crippen LogP contribution in [0.1, 0.15) is 196 Å². The highest BCUT2D eigenvalue weighted by Crippen LogP contribution is 2.66. The molecule has 0 spiro atoms. The zero-order valence-corrected chi connectivity index (χ0v) is 54.1. The molecule has 7 aliphatic rings. The van der Waals surface area contributed by atoms with Crippen LogP contribution in [0.15, 0.2) is 148 Å². The van der Waals surface area contributed by atoms with Crippen LogP contribution in [0.3, 0.4) is 0 Å². The van der Waals surface area contributed by atoms with Crippen molar-refractivity contribution in [1.29, 1.82) is 0 Å².